The normalized spacial score (nSPS) is 12.9. The lowest BCUT2D eigenvalue weighted by atomic mass is 10.1. The minimum Gasteiger partial charge on any atom is -0.376 e. The van der Waals surface area contributed by atoms with Crippen LogP contribution in [0.25, 0.3) is 11.4 Å². The number of anilines is 1. The molecule has 2 aromatic rings. The molecular formula is C8H7N5. The van der Waals surface area contributed by atoms with Gasteiger partial charge in [0.05, 0.1) is 30.5 Å². The average molecular weight is 173 g/mol. The predicted molar refractivity (Wildman–Crippen MR) is 46.9 cm³/mol. The molecule has 2 aromatic heterocycles. The quantitative estimate of drug-likeness (QED) is 0.618. The fourth-order valence-corrected chi connectivity index (χ4v) is 1.49. The average Bonchev–Trinajstić information content (AvgIpc) is 2.65. The maximum Gasteiger partial charge on any atom is 0.117 e. The highest BCUT2D eigenvalue weighted by molar-refractivity contribution is 5.75. The summed E-state index contributed by atoms with van der Waals surface area (Å²) in [5.41, 5.74) is 3.82. The maximum atomic E-state index is 4.21. The Balaban J connectivity index is 2.30. The Kier molecular flexibility index (Phi) is 1.16. The molecule has 5 nitrogen and oxygen atoms in total. The summed E-state index contributed by atoms with van der Waals surface area (Å²) in [4.78, 5) is 15.4. The summed E-state index contributed by atoms with van der Waals surface area (Å²) >= 11 is 0. The van der Waals surface area contributed by atoms with E-state index in [1.54, 1.807) is 12.5 Å². The van der Waals surface area contributed by atoms with E-state index in [2.05, 4.69) is 25.3 Å². The summed E-state index contributed by atoms with van der Waals surface area (Å²) in [6.07, 6.45) is 4.98. The van der Waals surface area contributed by atoms with Gasteiger partial charge in [-0.3, -0.25) is 0 Å². The van der Waals surface area contributed by atoms with Gasteiger partial charge in [0.2, 0.25) is 0 Å². The van der Waals surface area contributed by atoms with Gasteiger partial charge in [-0.1, -0.05) is 0 Å². The van der Waals surface area contributed by atoms with Gasteiger partial charge in [-0.2, -0.15) is 0 Å². The van der Waals surface area contributed by atoms with Crippen LogP contribution < -0.4 is 5.32 Å². The van der Waals surface area contributed by atoms with Crippen molar-refractivity contribution in [3.05, 3.63) is 24.5 Å². The molecule has 0 spiro atoms. The first kappa shape index (κ1) is 6.59. The number of aromatic amines is 1. The number of H-pyrrole nitrogens is 1. The molecule has 2 N–H and O–H groups in total. The lowest BCUT2D eigenvalue weighted by Crippen LogP contribution is -2.09. The molecule has 3 heterocycles. The van der Waals surface area contributed by atoms with Crippen LogP contribution in [0, 0.1) is 0 Å². The third kappa shape index (κ3) is 0.837. The Hall–Kier alpha value is -1.91. The molecule has 1 aliphatic heterocycles. The molecule has 13 heavy (non-hydrogen) atoms. The number of hydrogen-bond donors (Lipinski definition) is 2. The lowest BCUT2D eigenvalue weighted by molar-refractivity contribution is 1.03. The van der Waals surface area contributed by atoms with Crippen LogP contribution in [0.1, 0.15) is 5.69 Å². The van der Waals surface area contributed by atoms with Crippen molar-refractivity contribution in [2.45, 2.75) is 6.54 Å². The molecule has 0 unspecified atom stereocenters. The van der Waals surface area contributed by atoms with Gasteiger partial charge in [-0.25, -0.2) is 15.0 Å². The number of aromatic nitrogens is 4. The van der Waals surface area contributed by atoms with Crippen molar-refractivity contribution < 1.29 is 0 Å². The zero-order valence-electron chi connectivity index (χ0n) is 6.78. The van der Waals surface area contributed by atoms with E-state index in [1.807, 2.05) is 0 Å². The molecule has 0 aliphatic carbocycles. The highest BCUT2D eigenvalue weighted by Crippen LogP contribution is 2.29. The van der Waals surface area contributed by atoms with Crippen molar-refractivity contribution in [3.8, 4) is 11.4 Å². The molecule has 0 bridgehead atoms. The van der Waals surface area contributed by atoms with Gasteiger partial charge < -0.3 is 10.3 Å². The molecule has 1 aliphatic rings. The zero-order valence-corrected chi connectivity index (χ0v) is 6.78. The van der Waals surface area contributed by atoms with E-state index >= 15 is 0 Å². The summed E-state index contributed by atoms with van der Waals surface area (Å²) < 4.78 is 0. The van der Waals surface area contributed by atoms with Crippen LogP contribution in [0.15, 0.2) is 18.9 Å². The van der Waals surface area contributed by atoms with Crippen molar-refractivity contribution in [1.82, 2.24) is 19.9 Å². The van der Waals surface area contributed by atoms with Gasteiger partial charge in [0, 0.05) is 0 Å². The third-order valence-electron chi connectivity index (χ3n) is 2.11. The molecule has 0 radical (unpaired) electrons. The van der Waals surface area contributed by atoms with E-state index in [4.69, 9.17) is 0 Å². The van der Waals surface area contributed by atoms with Gasteiger partial charge in [0.25, 0.3) is 0 Å². The van der Waals surface area contributed by atoms with Crippen LogP contribution in [0.3, 0.4) is 0 Å². The van der Waals surface area contributed by atoms with Crippen molar-refractivity contribution in [2.75, 3.05) is 5.32 Å². The summed E-state index contributed by atoms with van der Waals surface area (Å²) in [6, 6.07) is 0. The van der Waals surface area contributed by atoms with Gasteiger partial charge in [0.1, 0.15) is 17.7 Å². The topological polar surface area (TPSA) is 66.5 Å². The number of imidazole rings is 1. The highest BCUT2D eigenvalue weighted by atomic mass is 15.0. The van der Waals surface area contributed by atoms with E-state index in [-0.39, 0.29) is 0 Å². The standard InChI is InChI=1S/C8H7N5/c1-5-7(12-3-9-1)8-6(2-10-5)11-4-13-8/h1,3-4,10H,2H2,(H,11,13). The third-order valence-corrected chi connectivity index (χ3v) is 2.11. The SMILES string of the molecule is c1ncc2c(n1)-c1nc[nH]c1CN2. The molecule has 0 saturated heterocycles. The molecule has 3 rings (SSSR count). The maximum absolute atomic E-state index is 4.21. The van der Waals surface area contributed by atoms with E-state index < -0.39 is 0 Å². The lowest BCUT2D eigenvalue weighted by Gasteiger charge is -2.14. The fourth-order valence-electron chi connectivity index (χ4n) is 1.49. The molecule has 0 fully saturated rings. The zero-order chi connectivity index (χ0) is 8.67. The number of nitrogens with zero attached hydrogens (tertiary/aromatic N) is 3. The second-order valence-corrected chi connectivity index (χ2v) is 2.87. The molecule has 64 valence electrons. The van der Waals surface area contributed by atoms with Gasteiger partial charge in [0.15, 0.2) is 0 Å². The summed E-state index contributed by atoms with van der Waals surface area (Å²) in [7, 11) is 0. The van der Waals surface area contributed by atoms with Crippen LogP contribution in [0.4, 0.5) is 5.69 Å². The van der Waals surface area contributed by atoms with Crippen LogP contribution in [-0.4, -0.2) is 19.9 Å². The van der Waals surface area contributed by atoms with Gasteiger partial charge in [-0.15, -0.1) is 0 Å². The number of fused-ring (bicyclic) bond motifs is 3. The number of nitrogens with one attached hydrogen (secondary N) is 2. The summed E-state index contributed by atoms with van der Waals surface area (Å²) in [5, 5.41) is 3.21. The second kappa shape index (κ2) is 2.29. The molecule has 0 saturated carbocycles. The largest absolute Gasteiger partial charge is 0.376 e. The Morgan fingerprint density at radius 1 is 1.23 bits per heavy atom. The van der Waals surface area contributed by atoms with E-state index in [0.29, 0.717) is 0 Å². The fraction of sp³-hybridized carbons (Fsp3) is 0.125. The Morgan fingerprint density at radius 3 is 3.23 bits per heavy atom. The second-order valence-electron chi connectivity index (χ2n) is 2.87. The van der Waals surface area contributed by atoms with Crippen LogP contribution in [0.5, 0.6) is 0 Å². The Bertz CT molecular complexity index is 447. The van der Waals surface area contributed by atoms with Crippen molar-refractivity contribution in [2.24, 2.45) is 0 Å². The highest BCUT2D eigenvalue weighted by Gasteiger charge is 2.18. The molecule has 0 amide bonds. The van der Waals surface area contributed by atoms with E-state index in [9.17, 15) is 0 Å². The monoisotopic (exact) mass is 173 g/mol. The number of hydrogen-bond acceptors (Lipinski definition) is 4. The summed E-state index contributed by atoms with van der Waals surface area (Å²) in [6.45, 7) is 0.760. The van der Waals surface area contributed by atoms with E-state index in [1.165, 1.54) is 6.33 Å². The minimum atomic E-state index is 0.760. The molecular weight excluding hydrogens is 166 g/mol. The van der Waals surface area contributed by atoms with Crippen LogP contribution >= 0.6 is 0 Å². The predicted octanol–water partition coefficient (Wildman–Crippen LogP) is 0.792. The smallest absolute Gasteiger partial charge is 0.117 e. The van der Waals surface area contributed by atoms with E-state index in [0.717, 1.165) is 29.3 Å². The minimum absolute atomic E-state index is 0.760. The number of rotatable bonds is 0. The molecule has 5 heteroatoms. The van der Waals surface area contributed by atoms with Crippen molar-refractivity contribution in [3.63, 3.8) is 0 Å². The van der Waals surface area contributed by atoms with Crippen molar-refractivity contribution >= 4 is 5.69 Å². The van der Waals surface area contributed by atoms with Gasteiger partial charge in [-0.05, 0) is 0 Å². The van der Waals surface area contributed by atoms with Crippen LogP contribution in [0.2, 0.25) is 0 Å². The first-order valence-corrected chi connectivity index (χ1v) is 4.01. The Labute approximate surface area is 74.3 Å². The molecule has 0 aromatic carbocycles. The Morgan fingerprint density at radius 2 is 2.23 bits per heavy atom. The van der Waals surface area contributed by atoms with Crippen LogP contribution in [-0.2, 0) is 6.54 Å². The van der Waals surface area contributed by atoms with Crippen molar-refractivity contribution in [1.29, 1.82) is 0 Å². The first-order valence-electron chi connectivity index (χ1n) is 4.01. The summed E-state index contributed by atoms with van der Waals surface area (Å²) in [5.74, 6) is 0. The van der Waals surface area contributed by atoms with Gasteiger partial charge >= 0.3 is 0 Å². The molecule has 0 atom stereocenters. The first-order chi connectivity index (χ1) is 6.45.